The van der Waals surface area contributed by atoms with E-state index in [4.69, 9.17) is 0 Å². The normalized spacial score (nSPS) is 17.3. The van der Waals surface area contributed by atoms with Gasteiger partial charge in [0.25, 0.3) is 0 Å². The first-order valence-corrected chi connectivity index (χ1v) is 11.0. The molecule has 1 aromatic heterocycles. The average Bonchev–Trinajstić information content (AvgIpc) is 3.09. The molecule has 1 amide bonds. The lowest BCUT2D eigenvalue weighted by Crippen LogP contribution is -2.44. The number of piperidine rings is 1. The summed E-state index contributed by atoms with van der Waals surface area (Å²) in [4.78, 5) is 14.9. The van der Waals surface area contributed by atoms with Crippen molar-refractivity contribution >= 4 is 17.7 Å². The monoisotopic (exact) mass is 386 g/mol. The van der Waals surface area contributed by atoms with Crippen molar-refractivity contribution in [2.24, 2.45) is 0 Å². The molecule has 0 spiro atoms. The molecule has 27 heavy (non-hydrogen) atoms. The standard InChI is InChI=1S/C21H30N4OS/c1-4-12-25-20(17-10-8-9-16(3)14-17)22-23-21(25)27-15-19(26)24-13-7-6-11-18(24)5-2/h8-10,14,18H,4-7,11-13,15H2,1-3H3. The second kappa shape index (κ2) is 9.40. The Morgan fingerprint density at radius 1 is 1.26 bits per heavy atom. The van der Waals surface area contributed by atoms with Gasteiger partial charge in [0, 0.05) is 24.7 Å². The smallest absolute Gasteiger partial charge is 0.233 e. The van der Waals surface area contributed by atoms with Gasteiger partial charge in [0.15, 0.2) is 11.0 Å². The Morgan fingerprint density at radius 3 is 2.85 bits per heavy atom. The molecule has 0 radical (unpaired) electrons. The minimum Gasteiger partial charge on any atom is -0.339 e. The Bertz CT molecular complexity index is 773. The van der Waals surface area contributed by atoms with E-state index in [-0.39, 0.29) is 5.91 Å². The van der Waals surface area contributed by atoms with Crippen molar-refractivity contribution in [1.82, 2.24) is 19.7 Å². The highest BCUT2D eigenvalue weighted by molar-refractivity contribution is 7.99. The first-order chi connectivity index (χ1) is 13.1. The zero-order chi connectivity index (χ0) is 19.2. The number of benzene rings is 1. The van der Waals surface area contributed by atoms with Gasteiger partial charge in [0.1, 0.15) is 0 Å². The van der Waals surface area contributed by atoms with Crippen molar-refractivity contribution in [2.45, 2.75) is 70.6 Å². The van der Waals surface area contributed by atoms with E-state index in [1.165, 1.54) is 23.7 Å². The Balaban J connectivity index is 1.74. The molecule has 1 aromatic carbocycles. The summed E-state index contributed by atoms with van der Waals surface area (Å²) in [7, 11) is 0. The number of carbonyl (C=O) groups excluding carboxylic acids is 1. The Hall–Kier alpha value is -1.82. The topological polar surface area (TPSA) is 51.0 Å². The third-order valence-corrected chi connectivity index (χ3v) is 6.14. The largest absolute Gasteiger partial charge is 0.339 e. The predicted molar refractivity (Wildman–Crippen MR) is 111 cm³/mol. The van der Waals surface area contributed by atoms with E-state index in [0.717, 1.165) is 55.3 Å². The molecule has 3 rings (SSSR count). The lowest BCUT2D eigenvalue weighted by Gasteiger charge is -2.35. The quantitative estimate of drug-likeness (QED) is 0.655. The third-order valence-electron chi connectivity index (χ3n) is 5.18. The number of nitrogens with zero attached hydrogens (tertiary/aromatic N) is 4. The van der Waals surface area contributed by atoms with Gasteiger partial charge in [-0.05, 0) is 45.1 Å². The van der Waals surface area contributed by atoms with Crippen LogP contribution in [0.3, 0.4) is 0 Å². The number of aromatic nitrogens is 3. The molecule has 1 atom stereocenters. The van der Waals surface area contributed by atoms with Gasteiger partial charge in [0.2, 0.25) is 5.91 Å². The molecule has 0 N–H and O–H groups in total. The molecule has 1 aliphatic heterocycles. The number of rotatable bonds is 7. The highest BCUT2D eigenvalue weighted by Crippen LogP contribution is 2.26. The van der Waals surface area contributed by atoms with Crippen LogP contribution < -0.4 is 0 Å². The van der Waals surface area contributed by atoms with E-state index in [1.807, 2.05) is 6.07 Å². The first-order valence-electron chi connectivity index (χ1n) is 10.1. The van der Waals surface area contributed by atoms with E-state index < -0.39 is 0 Å². The number of hydrogen-bond acceptors (Lipinski definition) is 4. The van der Waals surface area contributed by atoms with Crippen molar-refractivity contribution in [3.63, 3.8) is 0 Å². The van der Waals surface area contributed by atoms with E-state index in [0.29, 0.717) is 11.8 Å². The Kier molecular flexibility index (Phi) is 6.94. The highest BCUT2D eigenvalue weighted by atomic mass is 32.2. The minimum atomic E-state index is 0.231. The molecule has 6 heteroatoms. The summed E-state index contributed by atoms with van der Waals surface area (Å²) in [6.07, 6.45) is 5.54. The van der Waals surface area contributed by atoms with Crippen LogP contribution >= 0.6 is 11.8 Å². The zero-order valence-electron chi connectivity index (χ0n) is 16.6. The summed E-state index contributed by atoms with van der Waals surface area (Å²) in [5.41, 5.74) is 2.29. The molecular weight excluding hydrogens is 356 g/mol. The van der Waals surface area contributed by atoms with E-state index >= 15 is 0 Å². The lowest BCUT2D eigenvalue weighted by atomic mass is 10.0. The van der Waals surface area contributed by atoms with Crippen LogP contribution in [-0.4, -0.2) is 43.9 Å². The van der Waals surface area contributed by atoms with Crippen molar-refractivity contribution < 1.29 is 4.79 Å². The average molecular weight is 387 g/mol. The fraction of sp³-hybridized carbons (Fsp3) is 0.571. The summed E-state index contributed by atoms with van der Waals surface area (Å²) in [5, 5.41) is 9.68. The molecule has 1 saturated heterocycles. The van der Waals surface area contributed by atoms with Crippen molar-refractivity contribution in [2.75, 3.05) is 12.3 Å². The number of likely N-dealkylation sites (tertiary alicyclic amines) is 1. The maximum Gasteiger partial charge on any atom is 0.233 e. The van der Waals surface area contributed by atoms with Gasteiger partial charge in [-0.15, -0.1) is 10.2 Å². The predicted octanol–water partition coefficient (Wildman–Crippen LogP) is 4.55. The van der Waals surface area contributed by atoms with Gasteiger partial charge in [-0.25, -0.2) is 0 Å². The molecule has 2 heterocycles. The third kappa shape index (κ3) is 4.72. The second-order valence-electron chi connectivity index (χ2n) is 7.26. The van der Waals surface area contributed by atoms with Crippen LogP contribution in [0.2, 0.25) is 0 Å². The number of thioether (sulfide) groups is 1. The second-order valence-corrected chi connectivity index (χ2v) is 8.20. The number of carbonyl (C=O) groups is 1. The van der Waals surface area contributed by atoms with Crippen LogP contribution in [0.15, 0.2) is 29.4 Å². The van der Waals surface area contributed by atoms with Gasteiger partial charge in [-0.1, -0.05) is 49.4 Å². The van der Waals surface area contributed by atoms with Crippen LogP contribution in [0.4, 0.5) is 0 Å². The maximum atomic E-state index is 12.8. The molecule has 1 unspecified atom stereocenters. The number of amides is 1. The van der Waals surface area contributed by atoms with E-state index in [9.17, 15) is 4.79 Å². The summed E-state index contributed by atoms with van der Waals surface area (Å²) in [6, 6.07) is 8.75. The van der Waals surface area contributed by atoms with Gasteiger partial charge in [-0.3, -0.25) is 4.79 Å². The number of hydrogen-bond donors (Lipinski definition) is 0. The van der Waals surface area contributed by atoms with E-state index in [2.05, 4.69) is 58.6 Å². The summed E-state index contributed by atoms with van der Waals surface area (Å²) in [6.45, 7) is 8.16. The fourth-order valence-corrected chi connectivity index (χ4v) is 4.63. The van der Waals surface area contributed by atoms with Crippen LogP contribution in [0.25, 0.3) is 11.4 Å². The van der Waals surface area contributed by atoms with Crippen LogP contribution in [0.1, 0.15) is 51.5 Å². The molecule has 146 valence electrons. The van der Waals surface area contributed by atoms with Gasteiger partial charge in [-0.2, -0.15) is 0 Å². The molecule has 0 saturated carbocycles. The highest BCUT2D eigenvalue weighted by Gasteiger charge is 2.25. The Labute approximate surface area is 166 Å². The molecular formula is C21H30N4OS. The van der Waals surface area contributed by atoms with Crippen molar-refractivity contribution in [3.05, 3.63) is 29.8 Å². The number of aryl methyl sites for hydroxylation is 1. The molecule has 0 aliphatic carbocycles. The fourth-order valence-electron chi connectivity index (χ4n) is 3.78. The van der Waals surface area contributed by atoms with Gasteiger partial charge in [0.05, 0.1) is 5.75 Å². The van der Waals surface area contributed by atoms with Crippen LogP contribution in [0, 0.1) is 6.92 Å². The van der Waals surface area contributed by atoms with Crippen LogP contribution in [-0.2, 0) is 11.3 Å². The molecule has 1 fully saturated rings. The van der Waals surface area contributed by atoms with Crippen molar-refractivity contribution in [3.8, 4) is 11.4 Å². The van der Waals surface area contributed by atoms with E-state index in [1.54, 1.807) is 0 Å². The Morgan fingerprint density at radius 2 is 2.11 bits per heavy atom. The first kappa shape index (κ1) is 19.9. The lowest BCUT2D eigenvalue weighted by molar-refractivity contribution is -0.132. The zero-order valence-corrected chi connectivity index (χ0v) is 17.5. The summed E-state index contributed by atoms with van der Waals surface area (Å²) >= 11 is 1.52. The van der Waals surface area contributed by atoms with Crippen LogP contribution in [0.5, 0.6) is 0 Å². The van der Waals surface area contributed by atoms with Gasteiger partial charge < -0.3 is 9.47 Å². The summed E-state index contributed by atoms with van der Waals surface area (Å²) < 4.78 is 2.15. The minimum absolute atomic E-state index is 0.231. The van der Waals surface area contributed by atoms with Gasteiger partial charge >= 0.3 is 0 Å². The molecule has 2 aromatic rings. The summed E-state index contributed by atoms with van der Waals surface area (Å²) in [5.74, 6) is 1.56. The molecule has 1 aliphatic rings. The SMILES string of the molecule is CCCn1c(SCC(=O)N2CCCCC2CC)nnc1-c1cccc(C)c1. The molecule has 5 nitrogen and oxygen atoms in total. The molecule has 0 bridgehead atoms. The maximum absolute atomic E-state index is 12.8. The van der Waals surface area contributed by atoms with Crippen molar-refractivity contribution in [1.29, 1.82) is 0 Å².